The molecule has 1 spiro atoms. The summed E-state index contributed by atoms with van der Waals surface area (Å²) in [7, 11) is 0. The molecule has 2 fully saturated rings. The quantitative estimate of drug-likeness (QED) is 0.817. The van der Waals surface area contributed by atoms with Crippen molar-refractivity contribution < 1.29 is 18.8 Å². The number of amides is 2. The molecule has 28 heavy (non-hydrogen) atoms. The van der Waals surface area contributed by atoms with Crippen molar-refractivity contribution in [2.45, 2.75) is 37.8 Å². The van der Waals surface area contributed by atoms with Gasteiger partial charge in [0.25, 0.3) is 0 Å². The van der Waals surface area contributed by atoms with Gasteiger partial charge in [-0.05, 0) is 36.1 Å². The molecule has 2 aromatic carbocycles. The van der Waals surface area contributed by atoms with E-state index >= 15 is 0 Å². The predicted molar refractivity (Wildman–Crippen MR) is 101 cm³/mol. The van der Waals surface area contributed by atoms with E-state index < -0.39 is 5.60 Å². The van der Waals surface area contributed by atoms with Crippen LogP contribution in [-0.4, -0.2) is 40.5 Å². The molecule has 0 aromatic heterocycles. The summed E-state index contributed by atoms with van der Waals surface area (Å²) in [4.78, 5) is 32.8. The zero-order chi connectivity index (χ0) is 19.6. The number of carbonyl (C=O) groups is 2. The van der Waals surface area contributed by atoms with Crippen LogP contribution < -0.4 is 0 Å². The normalized spacial score (nSPS) is 18.7. The first-order valence-corrected chi connectivity index (χ1v) is 9.59. The van der Waals surface area contributed by atoms with Crippen molar-refractivity contribution in [3.8, 4) is 0 Å². The molecule has 6 heteroatoms. The van der Waals surface area contributed by atoms with Gasteiger partial charge in [-0.2, -0.15) is 0 Å². The van der Waals surface area contributed by atoms with E-state index in [0.29, 0.717) is 38.9 Å². The number of hydrogen-bond acceptors (Lipinski definition) is 3. The Morgan fingerprint density at radius 2 is 1.68 bits per heavy atom. The maximum absolute atomic E-state index is 13.0. The van der Waals surface area contributed by atoms with Gasteiger partial charge in [0.1, 0.15) is 11.4 Å². The van der Waals surface area contributed by atoms with E-state index in [1.165, 1.54) is 17.2 Å². The summed E-state index contributed by atoms with van der Waals surface area (Å²) in [5, 5.41) is 1.46. The van der Waals surface area contributed by atoms with Crippen molar-refractivity contribution >= 4 is 11.8 Å². The van der Waals surface area contributed by atoms with Crippen LogP contribution in [0.1, 0.15) is 30.4 Å². The number of rotatable bonds is 4. The van der Waals surface area contributed by atoms with Crippen LogP contribution in [0.3, 0.4) is 0 Å². The Labute approximate surface area is 163 Å². The zero-order valence-corrected chi connectivity index (χ0v) is 15.6. The van der Waals surface area contributed by atoms with E-state index in [4.69, 9.17) is 4.84 Å². The van der Waals surface area contributed by atoms with Gasteiger partial charge in [-0.1, -0.05) is 42.5 Å². The van der Waals surface area contributed by atoms with E-state index in [1.807, 2.05) is 35.2 Å². The average molecular weight is 382 g/mol. The molecule has 0 saturated carbocycles. The summed E-state index contributed by atoms with van der Waals surface area (Å²) in [6.45, 7) is 1.56. The second-order valence-corrected chi connectivity index (χ2v) is 7.55. The zero-order valence-electron chi connectivity index (χ0n) is 15.6. The average Bonchev–Trinajstić information content (AvgIpc) is 2.99. The van der Waals surface area contributed by atoms with Crippen LogP contribution in [0.15, 0.2) is 54.6 Å². The highest BCUT2D eigenvalue weighted by molar-refractivity contribution is 5.80. The number of benzene rings is 2. The first kappa shape index (κ1) is 18.6. The van der Waals surface area contributed by atoms with Gasteiger partial charge in [0.05, 0.1) is 19.4 Å². The third kappa shape index (κ3) is 4.07. The summed E-state index contributed by atoms with van der Waals surface area (Å²) >= 11 is 0. The summed E-state index contributed by atoms with van der Waals surface area (Å²) < 4.78 is 13.0. The van der Waals surface area contributed by atoms with Crippen LogP contribution in [-0.2, 0) is 27.4 Å². The molecule has 0 N–H and O–H groups in total. The second kappa shape index (κ2) is 7.72. The summed E-state index contributed by atoms with van der Waals surface area (Å²) in [5.74, 6) is -0.291. The van der Waals surface area contributed by atoms with Gasteiger partial charge in [-0.3, -0.25) is 14.4 Å². The van der Waals surface area contributed by atoms with Crippen molar-refractivity contribution in [3.05, 3.63) is 71.5 Å². The Morgan fingerprint density at radius 3 is 2.36 bits per heavy atom. The largest absolute Gasteiger partial charge is 0.342 e. The molecular formula is C22H23FN2O3. The molecule has 0 unspecified atom stereocenters. The van der Waals surface area contributed by atoms with E-state index in [-0.39, 0.29) is 24.1 Å². The molecule has 2 amide bonds. The van der Waals surface area contributed by atoms with Gasteiger partial charge in [0, 0.05) is 13.1 Å². The van der Waals surface area contributed by atoms with Gasteiger partial charge < -0.3 is 4.90 Å². The molecule has 4 rings (SSSR count). The van der Waals surface area contributed by atoms with Crippen molar-refractivity contribution in [1.29, 1.82) is 0 Å². The first-order valence-electron chi connectivity index (χ1n) is 9.59. The lowest BCUT2D eigenvalue weighted by Crippen LogP contribution is -2.47. The third-order valence-electron chi connectivity index (χ3n) is 5.52. The lowest BCUT2D eigenvalue weighted by Gasteiger charge is -2.37. The van der Waals surface area contributed by atoms with Crippen molar-refractivity contribution in [3.63, 3.8) is 0 Å². The maximum atomic E-state index is 13.0. The minimum atomic E-state index is -0.501. The molecule has 2 aliphatic heterocycles. The molecule has 2 saturated heterocycles. The summed E-state index contributed by atoms with van der Waals surface area (Å²) in [5.41, 5.74) is 1.33. The highest BCUT2D eigenvalue weighted by atomic mass is 19.1. The topological polar surface area (TPSA) is 49.9 Å². The van der Waals surface area contributed by atoms with Crippen LogP contribution >= 0.6 is 0 Å². The third-order valence-corrected chi connectivity index (χ3v) is 5.52. The summed E-state index contributed by atoms with van der Waals surface area (Å²) in [6, 6.07) is 15.8. The Kier molecular flexibility index (Phi) is 5.13. The van der Waals surface area contributed by atoms with Crippen molar-refractivity contribution in [1.82, 2.24) is 9.96 Å². The lowest BCUT2D eigenvalue weighted by atomic mass is 9.88. The highest BCUT2D eigenvalue weighted by Crippen LogP contribution is 2.37. The van der Waals surface area contributed by atoms with E-state index in [9.17, 15) is 14.0 Å². The van der Waals surface area contributed by atoms with Crippen LogP contribution in [0.5, 0.6) is 0 Å². The fraction of sp³-hybridized carbons (Fsp3) is 0.364. The van der Waals surface area contributed by atoms with Gasteiger partial charge in [-0.25, -0.2) is 9.45 Å². The van der Waals surface area contributed by atoms with Gasteiger partial charge >= 0.3 is 0 Å². The maximum Gasteiger partial charge on any atom is 0.249 e. The predicted octanol–water partition coefficient (Wildman–Crippen LogP) is 3.09. The monoisotopic (exact) mass is 382 g/mol. The molecule has 146 valence electrons. The Hall–Kier alpha value is -2.73. The number of halogens is 1. The Morgan fingerprint density at radius 1 is 1.00 bits per heavy atom. The molecule has 0 aliphatic carbocycles. The molecule has 2 heterocycles. The number of carbonyl (C=O) groups excluding carboxylic acids is 2. The van der Waals surface area contributed by atoms with Crippen molar-refractivity contribution in [2.75, 3.05) is 13.1 Å². The number of hydrogen-bond donors (Lipinski definition) is 0. The molecule has 0 radical (unpaired) electrons. The van der Waals surface area contributed by atoms with Crippen LogP contribution in [0, 0.1) is 5.82 Å². The van der Waals surface area contributed by atoms with Crippen LogP contribution in [0.25, 0.3) is 0 Å². The molecule has 5 nitrogen and oxygen atoms in total. The van der Waals surface area contributed by atoms with Crippen molar-refractivity contribution in [2.24, 2.45) is 0 Å². The first-order chi connectivity index (χ1) is 13.5. The van der Waals surface area contributed by atoms with E-state index in [0.717, 1.165) is 11.1 Å². The molecular weight excluding hydrogens is 359 g/mol. The molecule has 2 aliphatic rings. The summed E-state index contributed by atoms with van der Waals surface area (Å²) in [6.07, 6.45) is 1.89. The van der Waals surface area contributed by atoms with Crippen LogP contribution in [0.4, 0.5) is 4.39 Å². The fourth-order valence-electron chi connectivity index (χ4n) is 3.87. The highest BCUT2D eigenvalue weighted by Gasteiger charge is 2.47. The fourth-order valence-corrected chi connectivity index (χ4v) is 3.87. The molecule has 0 bridgehead atoms. The smallest absolute Gasteiger partial charge is 0.249 e. The van der Waals surface area contributed by atoms with Gasteiger partial charge in [0.15, 0.2) is 0 Å². The SMILES string of the molecule is O=C(Cc1ccc(F)cc1)N1CCC2(CC1)CC(=O)N(Cc1ccccc1)O2. The Bertz CT molecular complexity index is 846. The molecule has 0 atom stereocenters. The van der Waals surface area contributed by atoms with Crippen LogP contribution in [0.2, 0.25) is 0 Å². The van der Waals surface area contributed by atoms with E-state index in [1.54, 1.807) is 12.1 Å². The minimum Gasteiger partial charge on any atom is -0.342 e. The van der Waals surface area contributed by atoms with E-state index in [2.05, 4.69) is 0 Å². The van der Waals surface area contributed by atoms with Gasteiger partial charge in [-0.15, -0.1) is 0 Å². The minimum absolute atomic E-state index is 0.00468. The number of likely N-dealkylation sites (tertiary alicyclic amines) is 1. The standard InChI is InChI=1S/C22H23FN2O3/c23-19-8-6-17(7-9-19)14-20(26)24-12-10-22(11-13-24)15-21(27)25(28-22)16-18-4-2-1-3-5-18/h1-9H,10-16H2. The molecule has 2 aromatic rings. The lowest BCUT2D eigenvalue weighted by molar-refractivity contribution is -0.214. The van der Waals surface area contributed by atoms with Gasteiger partial charge in [0.2, 0.25) is 11.8 Å². The number of nitrogens with zero attached hydrogens (tertiary/aromatic N) is 2. The number of hydroxylamine groups is 2. The Balaban J connectivity index is 1.32. The second-order valence-electron chi connectivity index (χ2n) is 7.55. The number of piperidine rings is 1.